The minimum Gasteiger partial charge on any atom is -0.368 e. The molecule has 0 unspecified atom stereocenters. The van der Waals surface area contributed by atoms with Crippen LogP contribution in [0.25, 0.3) is 0 Å². The van der Waals surface area contributed by atoms with Crippen LogP contribution in [0.2, 0.25) is 0 Å². The molecule has 136 valence electrons. The van der Waals surface area contributed by atoms with Gasteiger partial charge in [-0.1, -0.05) is 12.1 Å². The molecule has 7 heteroatoms. The number of nitrogens with zero attached hydrogens (tertiary/aromatic N) is 2. The third kappa shape index (κ3) is 5.48. The second kappa shape index (κ2) is 8.50. The van der Waals surface area contributed by atoms with Crippen LogP contribution in [0.15, 0.2) is 24.3 Å². The maximum absolute atomic E-state index is 12.2. The van der Waals surface area contributed by atoms with Crippen LogP contribution in [0.1, 0.15) is 19.4 Å². The zero-order chi connectivity index (χ0) is 18.4. The SMILES string of the molecule is Cc1cccc(N2CCN(C(=O)CNC(=O)C(=O)NC(C)C)CC2)c1. The number of carbonyl (C=O) groups is 3. The first-order valence-corrected chi connectivity index (χ1v) is 8.55. The number of piperazine rings is 1. The van der Waals surface area contributed by atoms with Crippen LogP contribution in [0, 0.1) is 6.92 Å². The molecule has 1 heterocycles. The van der Waals surface area contributed by atoms with Crippen LogP contribution in [-0.4, -0.2) is 61.4 Å². The number of amides is 3. The summed E-state index contributed by atoms with van der Waals surface area (Å²) < 4.78 is 0. The number of benzene rings is 1. The summed E-state index contributed by atoms with van der Waals surface area (Å²) in [5.74, 6) is -1.66. The van der Waals surface area contributed by atoms with Gasteiger partial charge in [-0.3, -0.25) is 14.4 Å². The molecule has 2 rings (SSSR count). The average molecular weight is 346 g/mol. The van der Waals surface area contributed by atoms with Gasteiger partial charge in [0.2, 0.25) is 5.91 Å². The van der Waals surface area contributed by atoms with E-state index in [2.05, 4.69) is 40.7 Å². The Morgan fingerprint density at radius 1 is 1.08 bits per heavy atom. The average Bonchev–Trinajstić information content (AvgIpc) is 2.59. The van der Waals surface area contributed by atoms with Crippen molar-refractivity contribution in [3.05, 3.63) is 29.8 Å². The van der Waals surface area contributed by atoms with Crippen molar-refractivity contribution < 1.29 is 14.4 Å². The molecule has 3 amide bonds. The van der Waals surface area contributed by atoms with Gasteiger partial charge in [0.15, 0.2) is 0 Å². The van der Waals surface area contributed by atoms with E-state index in [-0.39, 0.29) is 18.5 Å². The number of anilines is 1. The molecular weight excluding hydrogens is 320 g/mol. The fourth-order valence-electron chi connectivity index (χ4n) is 2.71. The molecule has 0 bridgehead atoms. The summed E-state index contributed by atoms with van der Waals surface area (Å²) in [6.07, 6.45) is 0. The first-order chi connectivity index (χ1) is 11.9. The summed E-state index contributed by atoms with van der Waals surface area (Å²) in [7, 11) is 0. The van der Waals surface area contributed by atoms with Crippen molar-refractivity contribution in [3.63, 3.8) is 0 Å². The Kier molecular flexibility index (Phi) is 6.38. The van der Waals surface area contributed by atoms with Gasteiger partial charge in [0.1, 0.15) is 0 Å². The Hall–Kier alpha value is -2.57. The van der Waals surface area contributed by atoms with Gasteiger partial charge in [0, 0.05) is 37.9 Å². The first kappa shape index (κ1) is 18.8. The summed E-state index contributed by atoms with van der Waals surface area (Å²) in [4.78, 5) is 39.3. The Labute approximate surface area is 148 Å². The summed E-state index contributed by atoms with van der Waals surface area (Å²) in [6, 6.07) is 8.16. The monoisotopic (exact) mass is 346 g/mol. The molecule has 1 aromatic rings. The topological polar surface area (TPSA) is 81.8 Å². The van der Waals surface area contributed by atoms with E-state index in [1.807, 2.05) is 6.07 Å². The van der Waals surface area contributed by atoms with Crippen LogP contribution in [0.5, 0.6) is 0 Å². The van der Waals surface area contributed by atoms with E-state index in [1.165, 1.54) is 5.56 Å². The second-order valence-electron chi connectivity index (χ2n) is 6.52. The van der Waals surface area contributed by atoms with Gasteiger partial charge in [-0.15, -0.1) is 0 Å². The van der Waals surface area contributed by atoms with Crippen molar-refractivity contribution in [2.45, 2.75) is 26.8 Å². The van der Waals surface area contributed by atoms with Gasteiger partial charge < -0.3 is 20.4 Å². The number of aryl methyl sites for hydroxylation is 1. The molecule has 0 aliphatic carbocycles. The van der Waals surface area contributed by atoms with E-state index in [9.17, 15) is 14.4 Å². The Morgan fingerprint density at radius 3 is 2.36 bits per heavy atom. The van der Waals surface area contributed by atoms with Crippen molar-refractivity contribution in [2.75, 3.05) is 37.6 Å². The molecule has 2 N–H and O–H groups in total. The first-order valence-electron chi connectivity index (χ1n) is 8.55. The molecule has 25 heavy (non-hydrogen) atoms. The number of hydrogen-bond acceptors (Lipinski definition) is 4. The van der Waals surface area contributed by atoms with Crippen molar-refractivity contribution in [1.29, 1.82) is 0 Å². The highest BCUT2D eigenvalue weighted by Crippen LogP contribution is 2.17. The Bertz CT molecular complexity index is 637. The van der Waals surface area contributed by atoms with Gasteiger partial charge in [0.05, 0.1) is 6.54 Å². The van der Waals surface area contributed by atoms with Crippen LogP contribution >= 0.6 is 0 Å². The lowest BCUT2D eigenvalue weighted by Crippen LogP contribution is -2.52. The molecule has 7 nitrogen and oxygen atoms in total. The minimum absolute atomic E-state index is 0.122. The molecular formula is C18H26N4O3. The van der Waals surface area contributed by atoms with Gasteiger partial charge in [0.25, 0.3) is 0 Å². The molecule has 0 atom stereocenters. The van der Waals surface area contributed by atoms with Crippen molar-refractivity contribution >= 4 is 23.4 Å². The van der Waals surface area contributed by atoms with Gasteiger partial charge >= 0.3 is 11.8 Å². The molecule has 1 aromatic carbocycles. The molecule has 1 fully saturated rings. The molecule has 0 radical (unpaired) electrons. The third-order valence-electron chi connectivity index (χ3n) is 4.03. The summed E-state index contributed by atoms with van der Waals surface area (Å²) >= 11 is 0. The Morgan fingerprint density at radius 2 is 1.76 bits per heavy atom. The summed E-state index contributed by atoms with van der Waals surface area (Å²) in [5.41, 5.74) is 2.36. The standard InChI is InChI=1S/C18H26N4O3/c1-13(2)20-18(25)17(24)19-12-16(23)22-9-7-21(8-10-22)15-6-4-5-14(3)11-15/h4-6,11,13H,7-10,12H2,1-3H3,(H,19,24)(H,20,25). The van der Waals surface area contributed by atoms with E-state index in [4.69, 9.17) is 0 Å². The predicted octanol–water partition coefficient (Wildman–Crippen LogP) is 0.284. The van der Waals surface area contributed by atoms with Crippen molar-refractivity contribution in [1.82, 2.24) is 15.5 Å². The molecule has 0 saturated carbocycles. The van der Waals surface area contributed by atoms with Crippen molar-refractivity contribution in [2.24, 2.45) is 0 Å². The summed E-state index contributed by atoms with van der Waals surface area (Å²) in [5, 5.41) is 4.87. The largest absolute Gasteiger partial charge is 0.368 e. The van der Waals surface area contributed by atoms with E-state index in [0.29, 0.717) is 13.1 Å². The highest BCUT2D eigenvalue weighted by molar-refractivity contribution is 6.35. The fraction of sp³-hybridized carbons (Fsp3) is 0.500. The van der Waals surface area contributed by atoms with Crippen LogP contribution in [-0.2, 0) is 14.4 Å². The quantitative estimate of drug-likeness (QED) is 0.768. The number of rotatable bonds is 4. The van der Waals surface area contributed by atoms with Crippen LogP contribution in [0.4, 0.5) is 5.69 Å². The number of carbonyl (C=O) groups excluding carboxylic acids is 3. The highest BCUT2D eigenvalue weighted by atomic mass is 16.2. The molecule has 0 spiro atoms. The zero-order valence-corrected chi connectivity index (χ0v) is 15.0. The molecule has 1 aliphatic rings. The smallest absolute Gasteiger partial charge is 0.309 e. The van der Waals surface area contributed by atoms with E-state index < -0.39 is 11.8 Å². The lowest BCUT2D eigenvalue weighted by Gasteiger charge is -2.36. The maximum atomic E-state index is 12.2. The van der Waals surface area contributed by atoms with Crippen LogP contribution in [0.3, 0.4) is 0 Å². The third-order valence-corrected chi connectivity index (χ3v) is 4.03. The number of hydrogen-bond donors (Lipinski definition) is 2. The normalized spacial score (nSPS) is 14.4. The van der Waals surface area contributed by atoms with Gasteiger partial charge in [-0.2, -0.15) is 0 Å². The molecule has 1 aliphatic heterocycles. The molecule has 1 saturated heterocycles. The van der Waals surface area contributed by atoms with E-state index in [0.717, 1.165) is 18.8 Å². The van der Waals surface area contributed by atoms with E-state index >= 15 is 0 Å². The highest BCUT2D eigenvalue weighted by Gasteiger charge is 2.22. The Balaban J connectivity index is 1.77. The lowest BCUT2D eigenvalue weighted by atomic mass is 10.2. The van der Waals surface area contributed by atoms with Gasteiger partial charge in [-0.25, -0.2) is 0 Å². The molecule has 0 aromatic heterocycles. The van der Waals surface area contributed by atoms with E-state index in [1.54, 1.807) is 18.7 Å². The minimum atomic E-state index is -0.777. The van der Waals surface area contributed by atoms with Gasteiger partial charge in [-0.05, 0) is 38.5 Å². The fourth-order valence-corrected chi connectivity index (χ4v) is 2.71. The summed E-state index contributed by atoms with van der Waals surface area (Å²) in [6.45, 7) is 8.12. The lowest BCUT2D eigenvalue weighted by molar-refractivity contribution is -0.140. The predicted molar refractivity (Wildman–Crippen MR) is 96.3 cm³/mol. The van der Waals surface area contributed by atoms with Crippen molar-refractivity contribution in [3.8, 4) is 0 Å². The number of nitrogens with one attached hydrogen (secondary N) is 2. The second-order valence-corrected chi connectivity index (χ2v) is 6.52. The van der Waals surface area contributed by atoms with Crippen LogP contribution < -0.4 is 15.5 Å². The maximum Gasteiger partial charge on any atom is 0.309 e. The zero-order valence-electron chi connectivity index (χ0n) is 15.0.